The summed E-state index contributed by atoms with van der Waals surface area (Å²) in [7, 11) is 3.92. The lowest BCUT2D eigenvalue weighted by Gasteiger charge is -2.32. The van der Waals surface area contributed by atoms with Crippen LogP contribution in [0.3, 0.4) is 0 Å². The summed E-state index contributed by atoms with van der Waals surface area (Å²) in [6, 6.07) is 16.5. The van der Waals surface area contributed by atoms with Gasteiger partial charge in [0.15, 0.2) is 0 Å². The van der Waals surface area contributed by atoms with E-state index in [2.05, 4.69) is 50.8 Å². The molecule has 1 fully saturated rings. The summed E-state index contributed by atoms with van der Waals surface area (Å²) >= 11 is 6.09. The Morgan fingerprint density at radius 1 is 0.882 bits per heavy atom. The SMILES string of the molecule is COc1ccc2c(c1)c(-c1cncc(-c3ccc(Cl)cc3)c1)cn2CCCN1CCN(C)CC1. The van der Waals surface area contributed by atoms with Crippen LogP contribution in [0, 0.1) is 0 Å². The Morgan fingerprint density at radius 2 is 1.65 bits per heavy atom. The second-order valence-electron chi connectivity index (χ2n) is 9.09. The number of methoxy groups -OCH3 is 1. The van der Waals surface area contributed by atoms with E-state index >= 15 is 0 Å². The van der Waals surface area contributed by atoms with E-state index in [0.717, 1.165) is 73.2 Å². The molecule has 0 amide bonds. The minimum atomic E-state index is 0.736. The highest BCUT2D eigenvalue weighted by Crippen LogP contribution is 2.35. The van der Waals surface area contributed by atoms with Gasteiger partial charge in [0.1, 0.15) is 5.75 Å². The summed E-state index contributed by atoms with van der Waals surface area (Å²) in [5.74, 6) is 0.866. The van der Waals surface area contributed by atoms with Crippen molar-refractivity contribution in [2.24, 2.45) is 0 Å². The minimum absolute atomic E-state index is 0.736. The summed E-state index contributed by atoms with van der Waals surface area (Å²) < 4.78 is 7.93. The van der Waals surface area contributed by atoms with Crippen LogP contribution in [-0.4, -0.2) is 66.2 Å². The third-order valence-corrected chi connectivity index (χ3v) is 7.04. The number of ether oxygens (including phenoxy) is 1. The molecular formula is C28H31ClN4O. The number of rotatable bonds is 7. The van der Waals surface area contributed by atoms with Crippen LogP contribution in [0.15, 0.2) is 67.1 Å². The molecule has 0 aliphatic carbocycles. The number of pyridine rings is 1. The molecule has 4 aromatic rings. The van der Waals surface area contributed by atoms with Crippen molar-refractivity contribution in [3.05, 3.63) is 72.1 Å². The highest BCUT2D eigenvalue weighted by molar-refractivity contribution is 6.30. The maximum absolute atomic E-state index is 6.09. The van der Waals surface area contributed by atoms with Crippen molar-refractivity contribution >= 4 is 22.5 Å². The standard InChI is InChI=1S/C28H31ClN4O/c1-31-12-14-32(15-13-31)10-3-11-33-20-27(26-17-25(34-2)8-9-28(26)33)23-16-22(18-30-19-23)21-4-6-24(29)7-5-21/h4-9,16-20H,3,10-15H2,1-2H3. The Morgan fingerprint density at radius 3 is 2.41 bits per heavy atom. The van der Waals surface area contributed by atoms with Crippen LogP contribution >= 0.6 is 11.6 Å². The number of likely N-dealkylation sites (N-methyl/N-ethyl adjacent to an activating group) is 1. The fourth-order valence-electron chi connectivity index (χ4n) is 4.74. The molecular weight excluding hydrogens is 444 g/mol. The van der Waals surface area contributed by atoms with Crippen LogP contribution in [0.1, 0.15) is 6.42 Å². The van der Waals surface area contributed by atoms with Crippen molar-refractivity contribution in [2.75, 3.05) is 46.9 Å². The topological polar surface area (TPSA) is 33.5 Å². The smallest absolute Gasteiger partial charge is 0.119 e. The number of aryl methyl sites for hydroxylation is 1. The van der Waals surface area contributed by atoms with Crippen LogP contribution in [0.2, 0.25) is 5.02 Å². The summed E-state index contributed by atoms with van der Waals surface area (Å²) in [4.78, 5) is 9.55. The van der Waals surface area contributed by atoms with E-state index in [1.54, 1.807) is 7.11 Å². The molecule has 34 heavy (non-hydrogen) atoms. The van der Waals surface area contributed by atoms with E-state index < -0.39 is 0 Å². The predicted octanol–water partition coefficient (Wildman–Crippen LogP) is 5.67. The first kappa shape index (κ1) is 22.9. The van der Waals surface area contributed by atoms with Gasteiger partial charge in [-0.3, -0.25) is 4.98 Å². The van der Waals surface area contributed by atoms with Gasteiger partial charge in [-0.15, -0.1) is 0 Å². The second kappa shape index (κ2) is 10.2. The molecule has 0 N–H and O–H groups in total. The van der Waals surface area contributed by atoms with Gasteiger partial charge in [-0.25, -0.2) is 0 Å². The van der Waals surface area contributed by atoms with Crippen molar-refractivity contribution in [3.63, 3.8) is 0 Å². The highest BCUT2D eigenvalue weighted by Gasteiger charge is 2.15. The van der Waals surface area contributed by atoms with Crippen molar-refractivity contribution in [1.29, 1.82) is 0 Å². The lowest BCUT2D eigenvalue weighted by atomic mass is 10.0. The molecule has 1 saturated heterocycles. The number of hydrogen-bond donors (Lipinski definition) is 0. The van der Waals surface area contributed by atoms with Crippen molar-refractivity contribution < 1.29 is 4.74 Å². The predicted molar refractivity (Wildman–Crippen MR) is 141 cm³/mol. The average Bonchev–Trinajstić information content (AvgIpc) is 3.23. The van der Waals surface area contributed by atoms with E-state index in [0.29, 0.717) is 0 Å². The number of nitrogens with zero attached hydrogens (tertiary/aromatic N) is 4. The maximum atomic E-state index is 6.09. The monoisotopic (exact) mass is 474 g/mol. The number of hydrogen-bond acceptors (Lipinski definition) is 4. The van der Waals surface area contributed by atoms with Crippen LogP contribution in [0.4, 0.5) is 0 Å². The molecule has 0 radical (unpaired) electrons. The van der Waals surface area contributed by atoms with E-state index in [9.17, 15) is 0 Å². The molecule has 3 heterocycles. The van der Waals surface area contributed by atoms with Gasteiger partial charge in [-0.2, -0.15) is 0 Å². The number of piperazine rings is 1. The molecule has 6 heteroatoms. The minimum Gasteiger partial charge on any atom is -0.497 e. The van der Waals surface area contributed by atoms with Crippen LogP contribution in [0.25, 0.3) is 33.2 Å². The zero-order chi connectivity index (χ0) is 23.5. The summed E-state index contributed by atoms with van der Waals surface area (Å²) in [6.07, 6.45) is 7.25. The number of halogens is 1. The Balaban J connectivity index is 1.44. The Bertz CT molecular complexity index is 1260. The molecule has 5 nitrogen and oxygen atoms in total. The molecule has 0 spiro atoms. The fourth-order valence-corrected chi connectivity index (χ4v) is 4.87. The number of benzene rings is 2. The quantitative estimate of drug-likeness (QED) is 0.345. The van der Waals surface area contributed by atoms with Gasteiger partial charge in [-0.05, 0) is 62.0 Å². The van der Waals surface area contributed by atoms with Crippen LogP contribution in [-0.2, 0) is 6.54 Å². The lowest BCUT2D eigenvalue weighted by molar-refractivity contribution is 0.151. The molecule has 0 atom stereocenters. The highest BCUT2D eigenvalue weighted by atomic mass is 35.5. The van der Waals surface area contributed by atoms with Crippen molar-refractivity contribution in [3.8, 4) is 28.0 Å². The Kier molecular flexibility index (Phi) is 6.86. The van der Waals surface area contributed by atoms with E-state index in [1.165, 1.54) is 16.5 Å². The average molecular weight is 475 g/mol. The zero-order valence-corrected chi connectivity index (χ0v) is 20.6. The van der Waals surface area contributed by atoms with E-state index in [4.69, 9.17) is 16.3 Å². The van der Waals surface area contributed by atoms with E-state index in [1.807, 2.05) is 42.7 Å². The first-order chi connectivity index (χ1) is 16.6. The second-order valence-corrected chi connectivity index (χ2v) is 9.52. The normalized spacial score (nSPS) is 15.1. The van der Waals surface area contributed by atoms with Gasteiger partial charge in [0, 0.05) is 83.9 Å². The van der Waals surface area contributed by atoms with Crippen molar-refractivity contribution in [2.45, 2.75) is 13.0 Å². The third-order valence-electron chi connectivity index (χ3n) is 6.78. The number of aromatic nitrogens is 2. The molecule has 2 aromatic carbocycles. The van der Waals surface area contributed by atoms with Crippen molar-refractivity contribution in [1.82, 2.24) is 19.4 Å². The summed E-state index contributed by atoms with van der Waals surface area (Å²) in [5, 5.41) is 1.92. The van der Waals surface area contributed by atoms with E-state index in [-0.39, 0.29) is 0 Å². The third kappa shape index (κ3) is 4.97. The maximum Gasteiger partial charge on any atom is 0.119 e. The van der Waals surface area contributed by atoms with Gasteiger partial charge >= 0.3 is 0 Å². The molecule has 176 valence electrons. The Hall–Kier alpha value is -2.86. The van der Waals surface area contributed by atoms with Crippen LogP contribution in [0.5, 0.6) is 5.75 Å². The molecule has 0 unspecified atom stereocenters. The molecule has 0 bridgehead atoms. The van der Waals surface area contributed by atoms with Gasteiger partial charge in [-0.1, -0.05) is 23.7 Å². The summed E-state index contributed by atoms with van der Waals surface area (Å²) in [5.41, 5.74) is 5.69. The molecule has 5 rings (SSSR count). The lowest BCUT2D eigenvalue weighted by Crippen LogP contribution is -2.44. The van der Waals surface area contributed by atoms with Gasteiger partial charge < -0.3 is 19.1 Å². The van der Waals surface area contributed by atoms with Crippen LogP contribution < -0.4 is 4.74 Å². The summed E-state index contributed by atoms with van der Waals surface area (Å²) in [6.45, 7) is 6.76. The largest absolute Gasteiger partial charge is 0.497 e. The fraction of sp³-hybridized carbons (Fsp3) is 0.321. The van der Waals surface area contributed by atoms with Gasteiger partial charge in [0.2, 0.25) is 0 Å². The molecule has 1 aliphatic heterocycles. The molecule has 1 aliphatic rings. The first-order valence-electron chi connectivity index (χ1n) is 11.9. The first-order valence-corrected chi connectivity index (χ1v) is 12.3. The van der Waals surface area contributed by atoms with Gasteiger partial charge in [0.25, 0.3) is 0 Å². The molecule has 0 saturated carbocycles. The Labute approximate surface area is 206 Å². The molecule has 2 aromatic heterocycles. The zero-order valence-electron chi connectivity index (χ0n) is 19.9. The van der Waals surface area contributed by atoms with Gasteiger partial charge in [0.05, 0.1) is 7.11 Å². The number of fused-ring (bicyclic) bond motifs is 1.